The second kappa shape index (κ2) is 4.97. The first-order valence-corrected chi connectivity index (χ1v) is 7.97. The largest absolute Gasteiger partial charge is 0.481 e. The number of allylic oxidation sites excluding steroid dienone is 2. The summed E-state index contributed by atoms with van der Waals surface area (Å²) in [6.45, 7) is 0.694. The number of hydrogen-bond donors (Lipinski definition) is 1. The fourth-order valence-electron chi connectivity index (χ4n) is 4.44. The van der Waals surface area contributed by atoms with Crippen LogP contribution in [0.3, 0.4) is 0 Å². The average Bonchev–Trinajstić information content (AvgIpc) is 3.14. The lowest BCUT2D eigenvalue weighted by molar-refractivity contribution is -0.147. The van der Waals surface area contributed by atoms with E-state index in [-0.39, 0.29) is 17.7 Å². The lowest BCUT2D eigenvalue weighted by atomic mass is 9.81. The second-order valence-electron chi connectivity index (χ2n) is 6.56. The van der Waals surface area contributed by atoms with Crippen molar-refractivity contribution < 1.29 is 14.7 Å². The van der Waals surface area contributed by atoms with Gasteiger partial charge in [0.2, 0.25) is 5.91 Å². The first kappa shape index (κ1) is 13.6. The molecule has 1 saturated carbocycles. The van der Waals surface area contributed by atoms with Gasteiger partial charge in [-0.25, -0.2) is 0 Å². The van der Waals surface area contributed by atoms with Crippen LogP contribution in [0.2, 0.25) is 0 Å². The molecule has 0 unspecified atom stereocenters. The molecule has 1 aromatic rings. The summed E-state index contributed by atoms with van der Waals surface area (Å²) in [5.74, 6) is -1.68. The van der Waals surface area contributed by atoms with Crippen LogP contribution in [0.1, 0.15) is 18.4 Å². The molecule has 4 rings (SSSR count). The zero-order valence-electron chi connectivity index (χ0n) is 12.3. The van der Waals surface area contributed by atoms with Crippen molar-refractivity contribution in [2.75, 3.05) is 11.4 Å². The van der Waals surface area contributed by atoms with E-state index in [4.69, 9.17) is 0 Å². The zero-order valence-corrected chi connectivity index (χ0v) is 12.3. The lowest BCUT2D eigenvalue weighted by Crippen LogP contribution is -2.45. The summed E-state index contributed by atoms with van der Waals surface area (Å²) < 4.78 is 0. The van der Waals surface area contributed by atoms with E-state index < -0.39 is 17.8 Å². The van der Waals surface area contributed by atoms with E-state index in [1.807, 2.05) is 35.3 Å². The third-order valence-corrected chi connectivity index (χ3v) is 5.41. The molecule has 1 amide bonds. The van der Waals surface area contributed by atoms with E-state index in [0.717, 1.165) is 24.9 Å². The summed E-state index contributed by atoms with van der Waals surface area (Å²) in [6.07, 6.45) is 6.76. The molecule has 0 radical (unpaired) electrons. The number of rotatable bonds is 2. The van der Waals surface area contributed by atoms with Gasteiger partial charge >= 0.3 is 5.97 Å². The predicted octanol–water partition coefficient (Wildman–Crippen LogP) is 2.49. The molecule has 114 valence electrons. The molecule has 4 nitrogen and oxygen atoms in total. The molecular weight excluding hydrogens is 278 g/mol. The van der Waals surface area contributed by atoms with Gasteiger partial charge in [-0.05, 0) is 42.7 Å². The molecule has 1 aliphatic heterocycles. The second-order valence-corrected chi connectivity index (χ2v) is 6.56. The number of fused-ring (bicyclic) bond motifs is 3. The van der Waals surface area contributed by atoms with Gasteiger partial charge in [0.1, 0.15) is 0 Å². The van der Waals surface area contributed by atoms with Gasteiger partial charge in [-0.15, -0.1) is 0 Å². The molecule has 4 atom stereocenters. The van der Waals surface area contributed by atoms with Crippen LogP contribution in [0.15, 0.2) is 36.4 Å². The maximum Gasteiger partial charge on any atom is 0.307 e. The van der Waals surface area contributed by atoms with Crippen molar-refractivity contribution in [3.05, 3.63) is 42.0 Å². The molecule has 22 heavy (non-hydrogen) atoms. The normalized spacial score (nSPS) is 32.1. The molecular formula is C18H19NO3. The fraction of sp³-hybridized carbons (Fsp3) is 0.444. The molecule has 1 heterocycles. The van der Waals surface area contributed by atoms with E-state index in [1.54, 1.807) is 0 Å². The van der Waals surface area contributed by atoms with Crippen LogP contribution in [0, 0.1) is 23.7 Å². The van der Waals surface area contributed by atoms with Crippen molar-refractivity contribution in [1.29, 1.82) is 0 Å². The Morgan fingerprint density at radius 2 is 1.82 bits per heavy atom. The van der Waals surface area contributed by atoms with Crippen LogP contribution < -0.4 is 4.90 Å². The first-order valence-electron chi connectivity index (χ1n) is 7.97. The highest BCUT2D eigenvalue weighted by Crippen LogP contribution is 2.49. The third kappa shape index (κ3) is 1.90. The molecule has 4 heteroatoms. The summed E-state index contributed by atoms with van der Waals surface area (Å²) in [6, 6.07) is 7.97. The number of carbonyl (C=O) groups is 2. The monoisotopic (exact) mass is 297 g/mol. The maximum absolute atomic E-state index is 13.1. The van der Waals surface area contributed by atoms with Crippen LogP contribution in [0.25, 0.3) is 0 Å². The number of carboxylic acid groups (broad SMARTS) is 1. The number of para-hydroxylation sites is 1. The summed E-state index contributed by atoms with van der Waals surface area (Å²) >= 11 is 0. The minimum Gasteiger partial charge on any atom is -0.481 e. The Labute approximate surface area is 129 Å². The Balaban J connectivity index is 1.68. The summed E-state index contributed by atoms with van der Waals surface area (Å²) in [5.41, 5.74) is 2.15. The SMILES string of the molecule is O=C(O)[C@H]1[C@H](C(=O)N2CCCc3ccccc32)[C@H]2C=C[C@H]1C2. The van der Waals surface area contributed by atoms with Crippen LogP contribution in [0.5, 0.6) is 0 Å². The molecule has 0 saturated heterocycles. The van der Waals surface area contributed by atoms with Gasteiger partial charge in [-0.2, -0.15) is 0 Å². The van der Waals surface area contributed by atoms with Gasteiger partial charge < -0.3 is 10.0 Å². The minimum atomic E-state index is -0.833. The van der Waals surface area contributed by atoms with Gasteiger partial charge in [0, 0.05) is 12.2 Å². The number of hydrogen-bond acceptors (Lipinski definition) is 2. The Morgan fingerprint density at radius 3 is 2.59 bits per heavy atom. The topological polar surface area (TPSA) is 57.6 Å². The molecule has 2 aliphatic carbocycles. The number of anilines is 1. The minimum absolute atomic E-state index is 0.00333. The quantitative estimate of drug-likeness (QED) is 0.853. The smallest absolute Gasteiger partial charge is 0.307 e. The molecule has 1 fully saturated rings. The molecule has 1 aromatic carbocycles. The van der Waals surface area contributed by atoms with Crippen molar-refractivity contribution >= 4 is 17.6 Å². The van der Waals surface area contributed by atoms with Crippen LogP contribution in [0.4, 0.5) is 5.69 Å². The van der Waals surface area contributed by atoms with Crippen LogP contribution >= 0.6 is 0 Å². The number of aryl methyl sites for hydroxylation is 1. The fourth-order valence-corrected chi connectivity index (χ4v) is 4.44. The van der Waals surface area contributed by atoms with E-state index in [1.165, 1.54) is 5.56 Å². The van der Waals surface area contributed by atoms with E-state index in [2.05, 4.69) is 6.07 Å². The molecule has 3 aliphatic rings. The Hall–Kier alpha value is -2.10. The zero-order chi connectivity index (χ0) is 15.3. The highest BCUT2D eigenvalue weighted by Gasteiger charge is 2.52. The molecule has 2 bridgehead atoms. The summed E-state index contributed by atoms with van der Waals surface area (Å²) in [7, 11) is 0. The van der Waals surface area contributed by atoms with Gasteiger partial charge in [-0.3, -0.25) is 9.59 Å². The van der Waals surface area contributed by atoms with Gasteiger partial charge in [0.05, 0.1) is 11.8 Å². The van der Waals surface area contributed by atoms with Gasteiger partial charge in [-0.1, -0.05) is 30.4 Å². The van der Waals surface area contributed by atoms with Crippen molar-refractivity contribution in [2.45, 2.75) is 19.3 Å². The third-order valence-electron chi connectivity index (χ3n) is 5.41. The molecule has 0 aromatic heterocycles. The summed E-state index contributed by atoms with van der Waals surface area (Å²) in [4.78, 5) is 26.6. The number of aliphatic carboxylic acids is 1. The van der Waals surface area contributed by atoms with E-state index in [9.17, 15) is 14.7 Å². The number of carbonyl (C=O) groups excluding carboxylic acids is 1. The number of benzene rings is 1. The van der Waals surface area contributed by atoms with Crippen molar-refractivity contribution in [3.8, 4) is 0 Å². The highest BCUT2D eigenvalue weighted by molar-refractivity contribution is 5.99. The lowest BCUT2D eigenvalue weighted by Gasteiger charge is -2.34. The standard InChI is InChI=1S/C18H19NO3/c20-17(15-12-7-8-13(10-12)16(15)18(21)22)19-9-3-5-11-4-1-2-6-14(11)19/h1-2,4,6-8,12-13,15-16H,3,5,9-10H2,(H,21,22)/t12-,13-,15+,16+/m0/s1. The molecule has 0 spiro atoms. The Kier molecular flexibility index (Phi) is 3.06. The highest BCUT2D eigenvalue weighted by atomic mass is 16.4. The van der Waals surface area contributed by atoms with Crippen molar-refractivity contribution in [2.24, 2.45) is 23.7 Å². The number of carboxylic acids is 1. The van der Waals surface area contributed by atoms with Crippen LogP contribution in [-0.2, 0) is 16.0 Å². The maximum atomic E-state index is 13.1. The average molecular weight is 297 g/mol. The number of amides is 1. The number of nitrogens with zero attached hydrogens (tertiary/aromatic N) is 1. The molecule has 1 N–H and O–H groups in total. The van der Waals surface area contributed by atoms with Gasteiger partial charge in [0.15, 0.2) is 0 Å². The van der Waals surface area contributed by atoms with Gasteiger partial charge in [0.25, 0.3) is 0 Å². The summed E-state index contributed by atoms with van der Waals surface area (Å²) in [5, 5.41) is 9.54. The predicted molar refractivity (Wildman–Crippen MR) is 82.5 cm³/mol. The van der Waals surface area contributed by atoms with E-state index in [0.29, 0.717) is 6.54 Å². The Morgan fingerprint density at radius 1 is 1.09 bits per heavy atom. The van der Waals surface area contributed by atoms with Crippen LogP contribution in [-0.4, -0.2) is 23.5 Å². The van der Waals surface area contributed by atoms with E-state index >= 15 is 0 Å². The van der Waals surface area contributed by atoms with Crippen molar-refractivity contribution in [3.63, 3.8) is 0 Å². The van der Waals surface area contributed by atoms with Crippen molar-refractivity contribution in [1.82, 2.24) is 0 Å². The first-order chi connectivity index (χ1) is 10.7. The Bertz CT molecular complexity index is 666.